The highest BCUT2D eigenvalue weighted by Crippen LogP contribution is 2.42. The van der Waals surface area contributed by atoms with Crippen molar-refractivity contribution in [2.75, 3.05) is 26.2 Å². The minimum Gasteiger partial charge on any atom is -0.508 e. The Hall–Kier alpha value is -8.67. The summed E-state index contributed by atoms with van der Waals surface area (Å²) in [5.41, 5.74) is 4.16. The van der Waals surface area contributed by atoms with Crippen molar-refractivity contribution >= 4 is 5.97 Å². The Kier molecular flexibility index (Phi) is 19.3. The Labute approximate surface area is 472 Å². The van der Waals surface area contributed by atoms with Crippen molar-refractivity contribution in [1.29, 1.82) is 10.5 Å². The SMILES string of the molecule is CC(C)(CCC(C#N)(c1ccccc1)c1ccccc1)N1CC(Oc2cccc(O)c2)C1.CC(C)(CCC(C#N)(c1ccccc1)c1ccccc1)N1CC(Oc2cccc(OCc3ccccc3)c2)C1.O=C(O)c1ccccc1. The molecule has 2 heterocycles. The monoisotopic (exact) mass is 1060 g/mol. The zero-order valence-electron chi connectivity index (χ0n) is 46.3. The van der Waals surface area contributed by atoms with Crippen LogP contribution < -0.4 is 14.2 Å². The highest BCUT2D eigenvalue weighted by atomic mass is 16.5. The van der Waals surface area contributed by atoms with Gasteiger partial charge in [0.05, 0.1) is 17.7 Å². The second-order valence-electron chi connectivity index (χ2n) is 21.8. The van der Waals surface area contributed by atoms with Crippen LogP contribution in [0, 0.1) is 22.7 Å². The molecule has 0 amide bonds. The van der Waals surface area contributed by atoms with E-state index in [2.05, 4.69) is 110 Å². The molecule has 2 saturated heterocycles. The number of hydrogen-bond donors (Lipinski definition) is 2. The molecule has 2 aliphatic heterocycles. The molecule has 0 spiro atoms. The van der Waals surface area contributed by atoms with Gasteiger partial charge in [0.1, 0.15) is 52.6 Å². The van der Waals surface area contributed by atoms with E-state index in [0.29, 0.717) is 17.9 Å². The van der Waals surface area contributed by atoms with Crippen molar-refractivity contribution in [3.05, 3.63) is 264 Å². The van der Waals surface area contributed by atoms with Crippen molar-refractivity contribution in [3.63, 3.8) is 0 Å². The van der Waals surface area contributed by atoms with Crippen LogP contribution in [0.4, 0.5) is 0 Å². The molecule has 0 bridgehead atoms. The van der Waals surface area contributed by atoms with E-state index in [1.807, 2.05) is 121 Å². The zero-order chi connectivity index (χ0) is 56.4. The Bertz CT molecular complexity index is 3180. The molecule has 0 aromatic heterocycles. The van der Waals surface area contributed by atoms with E-state index in [0.717, 1.165) is 91.2 Å². The molecule has 10 rings (SSSR count). The number of phenols is 1. The van der Waals surface area contributed by atoms with Gasteiger partial charge in [-0.25, -0.2) is 4.79 Å². The molecule has 0 atom stereocenters. The quantitative estimate of drug-likeness (QED) is 0.0758. The Morgan fingerprint density at radius 3 is 1.19 bits per heavy atom. The molecule has 0 radical (unpaired) electrons. The summed E-state index contributed by atoms with van der Waals surface area (Å²) in [7, 11) is 0. The third-order valence-electron chi connectivity index (χ3n) is 15.6. The highest BCUT2D eigenvalue weighted by Gasteiger charge is 2.44. The Morgan fingerprint density at radius 2 is 0.825 bits per heavy atom. The molecule has 80 heavy (non-hydrogen) atoms. The average molecular weight is 1070 g/mol. The van der Waals surface area contributed by atoms with Crippen molar-refractivity contribution < 1.29 is 29.2 Å². The molecule has 0 saturated carbocycles. The number of nitrogens with zero attached hydrogens (tertiary/aromatic N) is 4. The minimum absolute atomic E-state index is 0.0633. The summed E-state index contributed by atoms with van der Waals surface area (Å²) in [6.07, 6.45) is 3.49. The van der Waals surface area contributed by atoms with Gasteiger partial charge >= 0.3 is 5.97 Å². The van der Waals surface area contributed by atoms with E-state index in [4.69, 9.17) is 19.3 Å². The number of phenolic OH excluding ortho intramolecular Hbond substituents is 1. The third kappa shape index (κ3) is 14.7. The Balaban J connectivity index is 0.000000184. The first-order chi connectivity index (χ1) is 38.7. The van der Waals surface area contributed by atoms with Crippen molar-refractivity contribution in [2.24, 2.45) is 0 Å². The number of benzene rings is 8. The van der Waals surface area contributed by atoms with E-state index in [1.54, 1.807) is 48.5 Å². The van der Waals surface area contributed by atoms with Crippen LogP contribution in [0.1, 0.15) is 91.6 Å². The number of hydrogen-bond acceptors (Lipinski definition) is 9. The fourth-order valence-electron chi connectivity index (χ4n) is 10.4. The van der Waals surface area contributed by atoms with Crippen molar-refractivity contribution in [3.8, 4) is 35.1 Å². The van der Waals surface area contributed by atoms with E-state index in [1.165, 1.54) is 0 Å². The van der Waals surface area contributed by atoms with Crippen LogP contribution in [0.15, 0.2) is 231 Å². The van der Waals surface area contributed by atoms with Crippen LogP contribution in [0.5, 0.6) is 23.0 Å². The first-order valence-electron chi connectivity index (χ1n) is 27.4. The van der Waals surface area contributed by atoms with Gasteiger partial charge in [0, 0.05) is 49.4 Å². The molecular weight excluding hydrogens is 993 g/mol. The molecule has 0 unspecified atom stereocenters. The fraction of sp³-hybridized carbons (Fsp3) is 0.271. The summed E-state index contributed by atoms with van der Waals surface area (Å²) in [5.74, 6) is 1.68. The lowest BCUT2D eigenvalue weighted by Crippen LogP contribution is -2.62. The number of carbonyl (C=O) groups is 1. The lowest BCUT2D eigenvalue weighted by atomic mass is 9.70. The fourth-order valence-corrected chi connectivity index (χ4v) is 10.4. The van der Waals surface area contributed by atoms with Gasteiger partial charge in [-0.1, -0.05) is 182 Å². The van der Waals surface area contributed by atoms with Crippen LogP contribution >= 0.6 is 0 Å². The van der Waals surface area contributed by atoms with Crippen LogP contribution in [-0.2, 0) is 17.4 Å². The van der Waals surface area contributed by atoms with Crippen molar-refractivity contribution in [1.82, 2.24) is 9.80 Å². The summed E-state index contributed by atoms with van der Waals surface area (Å²) in [4.78, 5) is 15.1. The molecule has 2 aliphatic rings. The lowest BCUT2D eigenvalue weighted by molar-refractivity contribution is -0.0465. The number of nitriles is 2. The normalized spacial score (nSPS) is 14.0. The van der Waals surface area contributed by atoms with E-state index < -0.39 is 16.8 Å². The molecule has 2 fully saturated rings. The molecule has 8 aromatic carbocycles. The van der Waals surface area contributed by atoms with Gasteiger partial charge in [0.2, 0.25) is 0 Å². The van der Waals surface area contributed by atoms with Gasteiger partial charge in [-0.05, 0) is 118 Å². The van der Waals surface area contributed by atoms with Crippen molar-refractivity contribution in [2.45, 2.75) is 94.1 Å². The first kappa shape index (κ1) is 57.5. The zero-order valence-corrected chi connectivity index (χ0v) is 46.3. The van der Waals surface area contributed by atoms with Gasteiger partial charge < -0.3 is 24.4 Å². The predicted octanol–water partition coefficient (Wildman–Crippen LogP) is 14.3. The summed E-state index contributed by atoms with van der Waals surface area (Å²) in [6.45, 7) is 13.0. The van der Waals surface area contributed by atoms with Gasteiger partial charge in [-0.3, -0.25) is 9.80 Å². The summed E-state index contributed by atoms with van der Waals surface area (Å²) in [6, 6.07) is 79.4. The van der Waals surface area contributed by atoms with Crippen LogP contribution in [0.3, 0.4) is 0 Å². The van der Waals surface area contributed by atoms with Gasteiger partial charge in [-0.15, -0.1) is 0 Å². The smallest absolute Gasteiger partial charge is 0.335 e. The molecule has 0 aliphatic carbocycles. The topological polar surface area (TPSA) is 139 Å². The standard InChI is InChI=1S/C35H36N2O2.C28H30N2O2.C7H6O2/c1-34(2,21-22-35(27-36,29-15-8-4-9-16-29)30-17-10-5-11-18-30)37-24-33(25-37)39-32-20-12-19-31(23-32)38-26-28-13-6-3-7-14-28;1-27(2,30-19-26(20-30)32-25-15-9-14-24(31)18-25)16-17-28(21-29,22-10-5-3-6-11-22)23-12-7-4-8-13-23;8-7(9)6-4-2-1-3-5-6/h3-20,23,33H,21-22,24-26H2,1-2H3;3-15,18,26,31H,16-17,19-20H2,1-2H3;1-5H,(H,8,9). The maximum atomic E-state index is 10.5. The number of aromatic hydroxyl groups is 1. The van der Waals surface area contributed by atoms with E-state index in [9.17, 15) is 20.4 Å². The number of likely N-dealkylation sites (tertiary alicyclic amines) is 2. The molecule has 408 valence electrons. The minimum atomic E-state index is -0.879. The van der Waals surface area contributed by atoms with Gasteiger partial charge in [-0.2, -0.15) is 10.5 Å². The maximum absolute atomic E-state index is 10.5. The average Bonchev–Trinajstić information content (AvgIpc) is 3.55. The molecule has 8 aromatic rings. The van der Waals surface area contributed by atoms with Gasteiger partial charge in [0.25, 0.3) is 0 Å². The molecular formula is C70H72N4O6. The summed E-state index contributed by atoms with van der Waals surface area (Å²) >= 11 is 0. The van der Waals surface area contributed by atoms with E-state index in [-0.39, 0.29) is 29.0 Å². The number of aromatic carboxylic acids is 1. The second-order valence-corrected chi connectivity index (χ2v) is 21.8. The van der Waals surface area contributed by atoms with Gasteiger partial charge in [0.15, 0.2) is 0 Å². The molecule has 10 nitrogen and oxygen atoms in total. The molecule has 2 N–H and O–H groups in total. The third-order valence-corrected chi connectivity index (χ3v) is 15.6. The summed E-state index contributed by atoms with van der Waals surface area (Å²) < 4.78 is 18.3. The molecule has 10 heteroatoms. The second kappa shape index (κ2) is 26.8. The summed E-state index contributed by atoms with van der Waals surface area (Å²) in [5, 5.41) is 39.0. The lowest BCUT2D eigenvalue weighted by Gasteiger charge is -2.49. The van der Waals surface area contributed by atoms with E-state index >= 15 is 0 Å². The highest BCUT2D eigenvalue weighted by molar-refractivity contribution is 5.87. The largest absolute Gasteiger partial charge is 0.508 e. The van der Waals surface area contributed by atoms with Crippen LogP contribution in [0.2, 0.25) is 0 Å². The number of carboxylic acid groups (broad SMARTS) is 1. The maximum Gasteiger partial charge on any atom is 0.335 e. The van der Waals surface area contributed by atoms with Crippen LogP contribution in [0.25, 0.3) is 0 Å². The number of carboxylic acids is 1. The number of ether oxygens (including phenoxy) is 3. The number of rotatable bonds is 20. The predicted molar refractivity (Wildman–Crippen MR) is 316 cm³/mol. The Morgan fingerprint density at radius 1 is 0.475 bits per heavy atom. The van der Waals surface area contributed by atoms with Crippen LogP contribution in [-0.4, -0.2) is 75.4 Å². The first-order valence-corrected chi connectivity index (χ1v) is 27.4.